The van der Waals surface area contributed by atoms with Gasteiger partial charge in [0.05, 0.1) is 6.61 Å². The Balaban J connectivity index is 1.64. The number of carbonyl (C=O) groups is 3. The summed E-state index contributed by atoms with van der Waals surface area (Å²) in [6.45, 7) is 14.3. The summed E-state index contributed by atoms with van der Waals surface area (Å²) in [4.78, 5) is 35.6. The van der Waals surface area contributed by atoms with Crippen molar-refractivity contribution in [2.45, 2.75) is 46.5 Å². The number of ether oxygens (including phenoxy) is 3. The third-order valence-corrected chi connectivity index (χ3v) is 6.74. The van der Waals surface area contributed by atoms with Crippen molar-refractivity contribution in [1.29, 1.82) is 0 Å². The average Bonchev–Trinajstić information content (AvgIpc) is 3.29. The van der Waals surface area contributed by atoms with Gasteiger partial charge in [-0.05, 0) is 79.1 Å². The Morgan fingerprint density at radius 1 is 0.821 bits per heavy atom. The van der Waals surface area contributed by atoms with Crippen LogP contribution in [0.3, 0.4) is 0 Å². The van der Waals surface area contributed by atoms with Crippen LogP contribution < -0.4 is 9.47 Å². The molecule has 0 saturated carbocycles. The van der Waals surface area contributed by atoms with E-state index in [9.17, 15) is 14.4 Å². The monoisotopic (exact) mass is 524 g/mol. The third kappa shape index (κ3) is 6.34. The van der Waals surface area contributed by atoms with E-state index in [0.29, 0.717) is 12.2 Å². The van der Waals surface area contributed by atoms with Gasteiger partial charge in [-0.2, -0.15) is 0 Å². The van der Waals surface area contributed by atoms with Crippen LogP contribution in [0.4, 0.5) is 0 Å². The van der Waals surface area contributed by atoms with Gasteiger partial charge in [-0.25, -0.2) is 9.59 Å². The van der Waals surface area contributed by atoms with E-state index >= 15 is 0 Å². The molecule has 6 heteroatoms. The maximum Gasteiger partial charge on any atom is 0.338 e. The fourth-order valence-corrected chi connectivity index (χ4v) is 4.69. The highest BCUT2D eigenvalue weighted by Crippen LogP contribution is 2.39. The molecule has 0 aromatic heterocycles. The van der Waals surface area contributed by atoms with Crippen LogP contribution in [0.15, 0.2) is 78.9 Å². The summed E-state index contributed by atoms with van der Waals surface area (Å²) in [5.41, 5.74) is 7.82. The summed E-state index contributed by atoms with van der Waals surface area (Å²) in [5.74, 6) is -0.645. The van der Waals surface area contributed by atoms with Gasteiger partial charge in [0.1, 0.15) is 11.5 Å². The fraction of sp³-hybridized carbons (Fsp3) is 0.242. The van der Waals surface area contributed by atoms with Crippen LogP contribution in [0.1, 0.15) is 49.8 Å². The highest BCUT2D eigenvalue weighted by atomic mass is 16.5. The molecule has 1 unspecified atom stereocenters. The molecule has 0 fully saturated rings. The zero-order chi connectivity index (χ0) is 28.3. The van der Waals surface area contributed by atoms with Crippen LogP contribution in [0.25, 0.3) is 22.3 Å². The number of carbonyl (C=O) groups excluding carboxylic acids is 3. The first-order valence-electron chi connectivity index (χ1n) is 12.8. The van der Waals surface area contributed by atoms with Gasteiger partial charge in [0.25, 0.3) is 0 Å². The summed E-state index contributed by atoms with van der Waals surface area (Å²) in [7, 11) is 0. The van der Waals surface area contributed by atoms with Gasteiger partial charge in [0, 0.05) is 35.6 Å². The van der Waals surface area contributed by atoms with Gasteiger partial charge in [-0.1, -0.05) is 49.6 Å². The van der Waals surface area contributed by atoms with E-state index in [4.69, 9.17) is 14.2 Å². The number of aryl methyl sites for hydroxylation is 2. The molecule has 0 spiro atoms. The smallest absolute Gasteiger partial charge is 0.338 e. The van der Waals surface area contributed by atoms with Crippen LogP contribution in [0, 0.1) is 6.92 Å². The molecule has 0 heterocycles. The predicted octanol–water partition coefficient (Wildman–Crippen LogP) is 6.88. The molecule has 6 nitrogen and oxygen atoms in total. The molecule has 1 aliphatic carbocycles. The number of rotatable bonds is 8. The first-order chi connectivity index (χ1) is 18.5. The minimum absolute atomic E-state index is 0.236. The Labute approximate surface area is 228 Å². The largest absolute Gasteiger partial charge is 0.465 e. The van der Waals surface area contributed by atoms with Gasteiger partial charge in [-0.3, -0.25) is 4.79 Å². The summed E-state index contributed by atoms with van der Waals surface area (Å²) < 4.78 is 16.2. The van der Waals surface area contributed by atoms with Gasteiger partial charge in [0.2, 0.25) is 0 Å². The molecule has 0 N–H and O–H groups in total. The highest BCUT2D eigenvalue weighted by molar-refractivity contribution is 5.91. The molecular formula is C33H32O6. The maximum atomic E-state index is 12.4. The molecule has 3 aromatic carbocycles. The van der Waals surface area contributed by atoms with E-state index < -0.39 is 11.9 Å². The summed E-state index contributed by atoms with van der Waals surface area (Å²) >= 11 is 0. The number of benzene rings is 3. The minimum Gasteiger partial charge on any atom is -0.465 e. The van der Waals surface area contributed by atoms with Gasteiger partial charge >= 0.3 is 17.9 Å². The van der Waals surface area contributed by atoms with Crippen molar-refractivity contribution in [1.82, 2.24) is 0 Å². The molecule has 4 rings (SSSR count). The van der Waals surface area contributed by atoms with Crippen molar-refractivity contribution in [3.05, 3.63) is 95.6 Å². The molecule has 0 aliphatic heterocycles. The standard InChI is InChI=1S/C33H32O6/c1-19(2)32(35)38-27-11-14-30(31(17-27)39-33(36)20(3)4)23-9-12-28(21(5)15-23)24-10-13-29-25(16-24)7-8-26(29)18-37-22(6)34/h9-17,26H,1,3,7-8,18H2,2,4-6H3. The van der Waals surface area contributed by atoms with Gasteiger partial charge in [-0.15, -0.1) is 0 Å². The number of hydrogen-bond donors (Lipinski definition) is 0. The molecule has 0 saturated heterocycles. The van der Waals surface area contributed by atoms with E-state index in [0.717, 1.165) is 35.1 Å². The molecule has 39 heavy (non-hydrogen) atoms. The van der Waals surface area contributed by atoms with Crippen molar-refractivity contribution in [3.63, 3.8) is 0 Å². The second-order valence-corrected chi connectivity index (χ2v) is 9.98. The molecule has 200 valence electrons. The second-order valence-electron chi connectivity index (χ2n) is 9.98. The SMILES string of the molecule is C=C(C)C(=O)Oc1ccc(-c2ccc(-c3ccc4c(c3)CCC4COC(C)=O)c(C)c2)c(OC(=O)C(=C)C)c1. The van der Waals surface area contributed by atoms with Crippen LogP contribution in [0.5, 0.6) is 11.5 Å². The lowest BCUT2D eigenvalue weighted by molar-refractivity contribution is -0.141. The fourth-order valence-electron chi connectivity index (χ4n) is 4.69. The lowest BCUT2D eigenvalue weighted by Gasteiger charge is -2.15. The number of hydrogen-bond acceptors (Lipinski definition) is 6. The zero-order valence-corrected chi connectivity index (χ0v) is 22.8. The predicted molar refractivity (Wildman–Crippen MR) is 151 cm³/mol. The molecule has 1 atom stereocenters. The Bertz CT molecular complexity index is 1500. The van der Waals surface area contributed by atoms with Crippen molar-refractivity contribution >= 4 is 17.9 Å². The van der Waals surface area contributed by atoms with Crippen molar-refractivity contribution < 1.29 is 28.6 Å². The van der Waals surface area contributed by atoms with E-state index in [1.807, 2.05) is 19.1 Å². The quantitative estimate of drug-likeness (QED) is 0.181. The van der Waals surface area contributed by atoms with E-state index in [2.05, 4.69) is 37.4 Å². The van der Waals surface area contributed by atoms with Crippen LogP contribution in [-0.4, -0.2) is 24.5 Å². The van der Waals surface area contributed by atoms with Crippen LogP contribution in [-0.2, 0) is 25.5 Å². The van der Waals surface area contributed by atoms with Gasteiger partial charge in [0.15, 0.2) is 0 Å². The molecule has 0 bridgehead atoms. The Kier molecular flexibility index (Phi) is 8.15. The Morgan fingerprint density at radius 3 is 2.13 bits per heavy atom. The maximum absolute atomic E-state index is 12.4. The minimum atomic E-state index is -0.571. The molecule has 3 aromatic rings. The zero-order valence-electron chi connectivity index (χ0n) is 22.8. The van der Waals surface area contributed by atoms with E-state index in [1.54, 1.807) is 26.0 Å². The summed E-state index contributed by atoms with van der Waals surface area (Å²) in [5, 5.41) is 0. The average molecular weight is 525 g/mol. The number of fused-ring (bicyclic) bond motifs is 1. The van der Waals surface area contributed by atoms with E-state index in [1.165, 1.54) is 24.1 Å². The first kappa shape index (κ1) is 27.6. The Hall–Kier alpha value is -4.45. The summed E-state index contributed by atoms with van der Waals surface area (Å²) in [6.07, 6.45) is 1.92. The Morgan fingerprint density at radius 2 is 1.46 bits per heavy atom. The second kappa shape index (κ2) is 11.5. The third-order valence-electron chi connectivity index (χ3n) is 6.74. The van der Waals surface area contributed by atoms with Gasteiger partial charge < -0.3 is 14.2 Å². The molecule has 1 aliphatic rings. The van der Waals surface area contributed by atoms with Crippen LogP contribution >= 0.6 is 0 Å². The van der Waals surface area contributed by atoms with Crippen LogP contribution in [0.2, 0.25) is 0 Å². The van der Waals surface area contributed by atoms with E-state index in [-0.39, 0.29) is 34.5 Å². The molecular weight excluding hydrogens is 492 g/mol. The lowest BCUT2D eigenvalue weighted by Crippen LogP contribution is -2.11. The normalized spacial score (nSPS) is 13.8. The first-order valence-corrected chi connectivity index (χ1v) is 12.8. The van der Waals surface area contributed by atoms with Crippen molar-refractivity contribution in [2.24, 2.45) is 0 Å². The topological polar surface area (TPSA) is 78.9 Å². The lowest BCUT2D eigenvalue weighted by atomic mass is 9.93. The molecule has 0 amide bonds. The highest BCUT2D eigenvalue weighted by Gasteiger charge is 2.24. The molecule has 0 radical (unpaired) electrons. The summed E-state index contributed by atoms with van der Waals surface area (Å²) in [6, 6.07) is 17.5. The number of esters is 3. The van der Waals surface area contributed by atoms with Crippen molar-refractivity contribution in [3.8, 4) is 33.8 Å². The van der Waals surface area contributed by atoms with Crippen molar-refractivity contribution in [2.75, 3.05) is 6.61 Å².